The number of hydrogen-bond donors (Lipinski definition) is 3. The van der Waals surface area contributed by atoms with Crippen molar-refractivity contribution >= 4 is 34.9 Å². The Balaban J connectivity index is 1.35. The molecule has 3 N–H and O–H groups in total. The maximum atomic E-state index is 13.1. The molecule has 0 fully saturated rings. The van der Waals surface area contributed by atoms with Gasteiger partial charge in [0.2, 0.25) is 5.95 Å². The number of imidazole rings is 1. The molecule has 208 valence electrons. The van der Waals surface area contributed by atoms with E-state index in [-0.39, 0.29) is 5.56 Å². The summed E-state index contributed by atoms with van der Waals surface area (Å²) in [4.78, 5) is 30.3. The van der Waals surface area contributed by atoms with Crippen LogP contribution in [-0.2, 0) is 6.18 Å². The molecular formula is C29H25F3N8O. The SMILES string of the molecule is Cc1cc(C)nc(Nc2cc(-n3ccnc3Nc3cc(NC(=O)c4cccc(C(F)(F)F)c4)ccc3C)ncn2)c1. The molecule has 3 aromatic heterocycles. The standard InChI is InChI=1S/C29H25F3N8O/c1-17-11-19(3)36-25(12-17)39-24-15-26(35-16-34-24)40-10-9-33-28(40)38-23-14-22(8-7-18(23)2)37-27(41)20-5-4-6-21(13-20)29(30,31)32/h4-16H,1-3H3,(H,33,38)(H,37,41)(H,34,35,36,39). The number of amides is 1. The van der Waals surface area contributed by atoms with E-state index in [1.165, 1.54) is 18.5 Å². The lowest BCUT2D eigenvalue weighted by molar-refractivity contribution is -0.137. The molecule has 0 bridgehead atoms. The molecule has 41 heavy (non-hydrogen) atoms. The van der Waals surface area contributed by atoms with Gasteiger partial charge in [-0.3, -0.25) is 9.36 Å². The number of carbonyl (C=O) groups is 1. The molecule has 12 heteroatoms. The van der Waals surface area contributed by atoms with E-state index in [0.29, 0.717) is 34.8 Å². The molecule has 5 rings (SSSR count). The van der Waals surface area contributed by atoms with Crippen LogP contribution < -0.4 is 16.0 Å². The number of benzene rings is 2. The van der Waals surface area contributed by atoms with Crippen molar-refractivity contribution in [2.45, 2.75) is 26.9 Å². The number of hydrogen-bond acceptors (Lipinski definition) is 7. The van der Waals surface area contributed by atoms with Gasteiger partial charge >= 0.3 is 6.18 Å². The fourth-order valence-electron chi connectivity index (χ4n) is 4.16. The van der Waals surface area contributed by atoms with E-state index >= 15 is 0 Å². The average Bonchev–Trinajstić information content (AvgIpc) is 3.38. The second-order valence-electron chi connectivity index (χ2n) is 9.37. The number of halogens is 3. The summed E-state index contributed by atoms with van der Waals surface area (Å²) in [5.74, 6) is 1.53. The Hall–Kier alpha value is -5.26. The Morgan fingerprint density at radius 3 is 2.49 bits per heavy atom. The van der Waals surface area contributed by atoms with Crippen molar-refractivity contribution in [3.63, 3.8) is 0 Å². The summed E-state index contributed by atoms with van der Waals surface area (Å²) in [6.45, 7) is 5.78. The first-order chi connectivity index (χ1) is 19.5. The van der Waals surface area contributed by atoms with Crippen molar-refractivity contribution in [2.75, 3.05) is 16.0 Å². The van der Waals surface area contributed by atoms with Crippen LogP contribution in [0.1, 0.15) is 32.7 Å². The largest absolute Gasteiger partial charge is 0.416 e. The lowest BCUT2D eigenvalue weighted by Gasteiger charge is -2.14. The normalized spacial score (nSPS) is 11.3. The fourth-order valence-corrected chi connectivity index (χ4v) is 4.16. The van der Waals surface area contributed by atoms with Gasteiger partial charge in [0.15, 0.2) is 0 Å². The van der Waals surface area contributed by atoms with Gasteiger partial charge < -0.3 is 16.0 Å². The van der Waals surface area contributed by atoms with Gasteiger partial charge in [-0.15, -0.1) is 0 Å². The van der Waals surface area contributed by atoms with Crippen LogP contribution in [0, 0.1) is 20.8 Å². The van der Waals surface area contributed by atoms with E-state index in [0.717, 1.165) is 29.0 Å². The van der Waals surface area contributed by atoms with Crippen molar-refractivity contribution < 1.29 is 18.0 Å². The molecule has 0 atom stereocenters. The number of rotatable bonds is 7. The number of aryl methyl sites for hydroxylation is 3. The maximum absolute atomic E-state index is 13.1. The zero-order valence-corrected chi connectivity index (χ0v) is 22.3. The summed E-state index contributed by atoms with van der Waals surface area (Å²) in [6, 6.07) is 15.0. The molecule has 0 radical (unpaired) electrons. The topological polar surface area (TPSA) is 110 Å². The first-order valence-corrected chi connectivity index (χ1v) is 12.5. The van der Waals surface area contributed by atoms with Gasteiger partial charge in [-0.2, -0.15) is 13.2 Å². The van der Waals surface area contributed by atoms with Crippen molar-refractivity contribution in [3.8, 4) is 5.82 Å². The van der Waals surface area contributed by atoms with Crippen LogP contribution >= 0.6 is 0 Å². The van der Waals surface area contributed by atoms with Crippen molar-refractivity contribution in [1.82, 2.24) is 24.5 Å². The summed E-state index contributed by atoms with van der Waals surface area (Å²) >= 11 is 0. The Kier molecular flexibility index (Phi) is 7.38. The number of pyridine rings is 1. The van der Waals surface area contributed by atoms with Crippen LogP contribution in [0.4, 0.5) is 42.1 Å². The molecular weight excluding hydrogens is 533 g/mol. The highest BCUT2D eigenvalue weighted by molar-refractivity contribution is 6.04. The third kappa shape index (κ3) is 6.49. The molecule has 3 heterocycles. The number of nitrogens with one attached hydrogen (secondary N) is 3. The van der Waals surface area contributed by atoms with Crippen LogP contribution in [-0.4, -0.2) is 30.4 Å². The predicted molar refractivity (Wildman–Crippen MR) is 150 cm³/mol. The van der Waals surface area contributed by atoms with Crippen LogP contribution in [0.15, 0.2) is 79.4 Å². The van der Waals surface area contributed by atoms with Gasteiger partial charge in [0.1, 0.15) is 23.8 Å². The molecule has 2 aromatic carbocycles. The number of aromatic nitrogens is 5. The summed E-state index contributed by atoms with van der Waals surface area (Å²) in [6.07, 6.45) is 0.227. The van der Waals surface area contributed by atoms with Gasteiger partial charge in [0.05, 0.1) is 5.56 Å². The molecule has 0 unspecified atom stereocenters. The third-order valence-electron chi connectivity index (χ3n) is 6.09. The van der Waals surface area contributed by atoms with E-state index in [4.69, 9.17) is 0 Å². The summed E-state index contributed by atoms with van der Waals surface area (Å²) < 4.78 is 41.0. The minimum atomic E-state index is -4.55. The van der Waals surface area contributed by atoms with E-state index in [2.05, 4.69) is 35.9 Å². The van der Waals surface area contributed by atoms with Crippen LogP contribution in [0.2, 0.25) is 0 Å². The highest BCUT2D eigenvalue weighted by Gasteiger charge is 2.30. The highest BCUT2D eigenvalue weighted by atomic mass is 19.4. The van der Waals surface area contributed by atoms with Gasteiger partial charge in [0.25, 0.3) is 5.91 Å². The van der Waals surface area contributed by atoms with E-state index < -0.39 is 17.6 Å². The van der Waals surface area contributed by atoms with Crippen LogP contribution in [0.3, 0.4) is 0 Å². The molecule has 5 aromatic rings. The molecule has 0 aliphatic carbocycles. The number of anilines is 5. The molecule has 0 aliphatic rings. The minimum Gasteiger partial charge on any atom is -0.325 e. The zero-order chi connectivity index (χ0) is 29.1. The Labute approximate surface area is 233 Å². The van der Waals surface area contributed by atoms with Crippen molar-refractivity contribution in [3.05, 3.63) is 107 Å². The lowest BCUT2D eigenvalue weighted by atomic mass is 10.1. The van der Waals surface area contributed by atoms with Crippen LogP contribution in [0.5, 0.6) is 0 Å². The number of nitrogens with zero attached hydrogens (tertiary/aromatic N) is 5. The number of alkyl halides is 3. The van der Waals surface area contributed by atoms with Crippen molar-refractivity contribution in [2.24, 2.45) is 0 Å². The Bertz CT molecular complexity index is 1710. The monoisotopic (exact) mass is 558 g/mol. The minimum absolute atomic E-state index is 0.102. The van der Waals surface area contributed by atoms with Gasteiger partial charge in [0, 0.05) is 41.1 Å². The molecule has 0 spiro atoms. The first kappa shape index (κ1) is 27.3. The molecule has 0 saturated carbocycles. The Morgan fingerprint density at radius 2 is 1.71 bits per heavy atom. The maximum Gasteiger partial charge on any atom is 0.416 e. The average molecular weight is 559 g/mol. The summed E-state index contributed by atoms with van der Waals surface area (Å²) in [7, 11) is 0. The quantitative estimate of drug-likeness (QED) is 0.203. The van der Waals surface area contributed by atoms with Crippen LogP contribution in [0.25, 0.3) is 5.82 Å². The molecule has 0 aliphatic heterocycles. The summed E-state index contributed by atoms with van der Waals surface area (Å²) in [5, 5.41) is 9.10. The van der Waals surface area contributed by atoms with E-state index in [9.17, 15) is 18.0 Å². The highest BCUT2D eigenvalue weighted by Crippen LogP contribution is 2.30. The molecule has 9 nitrogen and oxygen atoms in total. The van der Waals surface area contributed by atoms with Gasteiger partial charge in [-0.1, -0.05) is 12.1 Å². The zero-order valence-electron chi connectivity index (χ0n) is 22.3. The van der Waals surface area contributed by atoms with Crippen molar-refractivity contribution in [1.29, 1.82) is 0 Å². The van der Waals surface area contributed by atoms with Gasteiger partial charge in [-0.05, 0) is 74.4 Å². The lowest BCUT2D eigenvalue weighted by Crippen LogP contribution is -2.14. The Morgan fingerprint density at radius 1 is 0.878 bits per heavy atom. The number of carbonyl (C=O) groups excluding carboxylic acids is 1. The smallest absolute Gasteiger partial charge is 0.325 e. The second-order valence-corrected chi connectivity index (χ2v) is 9.37. The van der Waals surface area contributed by atoms with E-state index in [1.807, 2.05) is 32.9 Å². The first-order valence-electron chi connectivity index (χ1n) is 12.5. The summed E-state index contributed by atoms with van der Waals surface area (Å²) in [5.41, 5.74) is 2.83. The third-order valence-corrected chi connectivity index (χ3v) is 6.09. The fraction of sp³-hybridized carbons (Fsp3) is 0.138. The predicted octanol–water partition coefficient (Wildman–Crippen LogP) is 6.74. The molecule has 1 amide bonds. The molecule has 0 saturated heterocycles. The van der Waals surface area contributed by atoms with E-state index in [1.54, 1.807) is 41.2 Å². The second kappa shape index (κ2) is 11.1. The van der Waals surface area contributed by atoms with Gasteiger partial charge in [-0.25, -0.2) is 19.9 Å².